The molecule has 3 saturated carbocycles. The molecular formula is C40H52O11. The smallest absolute Gasteiger partial charge is 0.338 e. The van der Waals surface area contributed by atoms with Gasteiger partial charge in [0.15, 0.2) is 6.10 Å². The topological polar surface area (TPSA) is 144 Å². The Morgan fingerprint density at radius 1 is 0.882 bits per heavy atom. The molecule has 0 aromatic heterocycles. The zero-order valence-corrected chi connectivity index (χ0v) is 30.8. The maximum atomic E-state index is 13.5. The molecule has 0 radical (unpaired) electrons. The van der Waals surface area contributed by atoms with Gasteiger partial charge in [-0.25, -0.2) is 4.79 Å². The van der Waals surface area contributed by atoms with Crippen LogP contribution < -0.4 is 0 Å². The molecule has 1 N–H and O–H groups in total. The van der Waals surface area contributed by atoms with E-state index in [1.807, 2.05) is 26.0 Å². The molecule has 0 unspecified atom stereocenters. The lowest BCUT2D eigenvalue weighted by Gasteiger charge is -2.62. The molecule has 1 aromatic carbocycles. The highest BCUT2D eigenvalue weighted by Gasteiger charge is 2.80. The zero-order valence-electron chi connectivity index (χ0n) is 30.8. The fourth-order valence-corrected chi connectivity index (χ4v) is 11.4. The van der Waals surface area contributed by atoms with E-state index in [2.05, 4.69) is 6.92 Å². The van der Waals surface area contributed by atoms with E-state index in [0.717, 1.165) is 37.7 Å². The summed E-state index contributed by atoms with van der Waals surface area (Å²) >= 11 is 0. The molecule has 13 atom stereocenters. The minimum atomic E-state index is -1.61. The Bertz CT molecular complexity index is 1620. The van der Waals surface area contributed by atoms with Gasteiger partial charge in [0.25, 0.3) is 0 Å². The third-order valence-corrected chi connectivity index (χ3v) is 13.9. The van der Waals surface area contributed by atoms with E-state index < -0.39 is 64.5 Å². The molecule has 6 aliphatic rings. The van der Waals surface area contributed by atoms with Crippen LogP contribution in [0.2, 0.25) is 0 Å². The molecule has 1 spiro atoms. The SMILES string of the molecule is CC(=O)OC[C@@]1(C)C[C@@H](OC(=O)c2ccccc2)[C@@]2(O[C@H]3C=C4[C@@H]5CC[C@H]6C[C@@H](OC(C)=O)CC[C@]6(C)[C@H]5C[C@@H](OC(C)=O)[C@]4(C)[C@@]3(O)[C@@H]2C)O1. The van der Waals surface area contributed by atoms with Crippen molar-refractivity contribution in [3.8, 4) is 0 Å². The second kappa shape index (κ2) is 12.4. The molecule has 5 fully saturated rings. The number of esters is 4. The van der Waals surface area contributed by atoms with Crippen LogP contribution in [-0.2, 0) is 42.8 Å². The van der Waals surface area contributed by atoms with Crippen molar-refractivity contribution in [2.75, 3.05) is 6.61 Å². The van der Waals surface area contributed by atoms with Gasteiger partial charge in [0, 0.05) is 33.1 Å². The van der Waals surface area contributed by atoms with Gasteiger partial charge in [-0.3, -0.25) is 14.4 Å². The van der Waals surface area contributed by atoms with Crippen molar-refractivity contribution in [3.05, 3.63) is 47.5 Å². The molecule has 0 bridgehead atoms. The first-order chi connectivity index (χ1) is 24.0. The zero-order chi connectivity index (χ0) is 36.7. The molecule has 11 heteroatoms. The molecule has 278 valence electrons. The van der Waals surface area contributed by atoms with E-state index in [0.29, 0.717) is 17.9 Å². The van der Waals surface area contributed by atoms with E-state index in [9.17, 15) is 24.3 Å². The predicted molar refractivity (Wildman–Crippen MR) is 182 cm³/mol. The van der Waals surface area contributed by atoms with Crippen molar-refractivity contribution in [1.82, 2.24) is 0 Å². The first kappa shape index (κ1) is 36.1. The Kier molecular flexibility index (Phi) is 8.78. The molecular weight excluding hydrogens is 656 g/mol. The summed E-state index contributed by atoms with van der Waals surface area (Å²) < 4.78 is 37.2. The summed E-state index contributed by atoms with van der Waals surface area (Å²) in [6, 6.07) is 8.65. The second-order valence-electron chi connectivity index (χ2n) is 16.8. The number of carbonyl (C=O) groups is 4. The van der Waals surface area contributed by atoms with E-state index in [1.165, 1.54) is 20.8 Å². The van der Waals surface area contributed by atoms with Gasteiger partial charge in [0.05, 0.1) is 11.0 Å². The van der Waals surface area contributed by atoms with Crippen LogP contribution in [0.1, 0.15) is 104 Å². The fourth-order valence-electron chi connectivity index (χ4n) is 11.4. The van der Waals surface area contributed by atoms with Gasteiger partial charge in [0.2, 0.25) is 5.79 Å². The van der Waals surface area contributed by atoms with E-state index in [-0.39, 0.29) is 42.4 Å². The maximum absolute atomic E-state index is 13.5. The van der Waals surface area contributed by atoms with Crippen molar-refractivity contribution in [1.29, 1.82) is 0 Å². The van der Waals surface area contributed by atoms with Gasteiger partial charge in [-0.1, -0.05) is 43.7 Å². The van der Waals surface area contributed by atoms with Crippen LogP contribution in [-0.4, -0.2) is 77.0 Å². The van der Waals surface area contributed by atoms with Crippen molar-refractivity contribution in [3.63, 3.8) is 0 Å². The summed E-state index contributed by atoms with van der Waals surface area (Å²) in [6.07, 6.45) is 4.52. The summed E-state index contributed by atoms with van der Waals surface area (Å²) in [5, 5.41) is 13.3. The maximum Gasteiger partial charge on any atom is 0.338 e. The molecule has 1 aromatic rings. The van der Waals surface area contributed by atoms with Gasteiger partial charge in [-0.2, -0.15) is 0 Å². The quantitative estimate of drug-likeness (QED) is 0.229. The highest BCUT2D eigenvalue weighted by atomic mass is 16.8. The van der Waals surface area contributed by atoms with Crippen LogP contribution in [0.3, 0.4) is 0 Å². The molecule has 11 nitrogen and oxygen atoms in total. The minimum absolute atomic E-state index is 0.0715. The van der Waals surface area contributed by atoms with Gasteiger partial charge in [-0.15, -0.1) is 0 Å². The molecule has 0 amide bonds. The highest BCUT2D eigenvalue weighted by Crippen LogP contribution is 2.72. The number of benzene rings is 1. The van der Waals surface area contributed by atoms with Crippen LogP contribution in [0.15, 0.2) is 42.0 Å². The standard InChI is InChI=1S/C40H52O11/c1-22-39(45)33(50-40(22)34(20-36(5,51-40)21-46-23(2)41)49-35(44)26-11-9-8-10-12-26)19-31-29-14-13-27-17-28(47-24(3)42)15-16-37(27,6)30(29)18-32(38(31,39)7)48-25(4)43/h8-12,19,22,27-30,32-34,45H,13-18,20-21H2,1-7H3/t22-,27-,28-,29+,30-,32+,33-,34+,36+,37-,38+,39+,40-/m0/s1. The number of ether oxygens (including phenoxy) is 6. The number of hydrogen-bond acceptors (Lipinski definition) is 11. The Morgan fingerprint density at radius 3 is 2.25 bits per heavy atom. The molecule has 4 aliphatic carbocycles. The lowest BCUT2D eigenvalue weighted by Crippen LogP contribution is -2.65. The van der Waals surface area contributed by atoms with Crippen LogP contribution in [0.25, 0.3) is 0 Å². The molecule has 2 heterocycles. The highest BCUT2D eigenvalue weighted by molar-refractivity contribution is 5.89. The number of carbonyl (C=O) groups excluding carboxylic acids is 4. The number of rotatable bonds is 6. The van der Waals surface area contributed by atoms with Gasteiger partial charge >= 0.3 is 23.9 Å². The van der Waals surface area contributed by atoms with Crippen molar-refractivity contribution < 1.29 is 52.7 Å². The fraction of sp³-hybridized carbons (Fsp3) is 0.700. The Labute approximate surface area is 299 Å². The Balaban J connectivity index is 1.26. The molecule has 2 saturated heterocycles. The molecule has 51 heavy (non-hydrogen) atoms. The van der Waals surface area contributed by atoms with Crippen LogP contribution >= 0.6 is 0 Å². The van der Waals surface area contributed by atoms with Crippen LogP contribution in [0, 0.1) is 34.5 Å². The van der Waals surface area contributed by atoms with E-state index >= 15 is 0 Å². The number of fused-ring (bicyclic) bond motifs is 7. The Hall–Kier alpha value is -3.28. The van der Waals surface area contributed by atoms with Crippen LogP contribution in [0.5, 0.6) is 0 Å². The lowest BCUT2D eigenvalue weighted by atomic mass is 9.44. The van der Waals surface area contributed by atoms with Crippen molar-refractivity contribution >= 4 is 23.9 Å². The van der Waals surface area contributed by atoms with Gasteiger partial charge in [-0.05, 0) is 87.7 Å². The first-order valence-corrected chi connectivity index (χ1v) is 18.5. The van der Waals surface area contributed by atoms with E-state index in [1.54, 1.807) is 31.2 Å². The predicted octanol–water partition coefficient (Wildman–Crippen LogP) is 5.46. The van der Waals surface area contributed by atoms with Gasteiger partial charge < -0.3 is 33.5 Å². The average Bonchev–Trinajstić information content (AvgIpc) is 3.57. The molecule has 7 rings (SSSR count). The Morgan fingerprint density at radius 2 is 1.59 bits per heavy atom. The summed E-state index contributed by atoms with van der Waals surface area (Å²) in [6.45, 7) is 12.1. The van der Waals surface area contributed by atoms with Gasteiger partial charge in [0.1, 0.15) is 36.1 Å². The van der Waals surface area contributed by atoms with Crippen molar-refractivity contribution in [2.45, 2.75) is 135 Å². The summed E-state index contributed by atoms with van der Waals surface area (Å²) in [7, 11) is 0. The number of hydrogen-bond donors (Lipinski definition) is 1. The second-order valence-corrected chi connectivity index (χ2v) is 16.8. The normalized spacial score (nSPS) is 45.1. The summed E-state index contributed by atoms with van der Waals surface area (Å²) in [5.41, 5.74) is -2.41. The summed E-state index contributed by atoms with van der Waals surface area (Å²) in [5.74, 6) is -3.43. The average molecular weight is 709 g/mol. The van der Waals surface area contributed by atoms with E-state index in [4.69, 9.17) is 28.4 Å². The minimum Gasteiger partial charge on any atom is -0.463 e. The molecule has 2 aliphatic heterocycles. The first-order valence-electron chi connectivity index (χ1n) is 18.5. The summed E-state index contributed by atoms with van der Waals surface area (Å²) in [4.78, 5) is 50.0. The monoisotopic (exact) mass is 708 g/mol. The van der Waals surface area contributed by atoms with Crippen LogP contribution in [0.4, 0.5) is 0 Å². The largest absolute Gasteiger partial charge is 0.463 e. The third-order valence-electron chi connectivity index (χ3n) is 13.9. The number of aliphatic hydroxyl groups is 1. The van der Waals surface area contributed by atoms with Crippen molar-refractivity contribution in [2.24, 2.45) is 34.5 Å². The lowest BCUT2D eigenvalue weighted by molar-refractivity contribution is -0.280. The third kappa shape index (κ3) is 5.47.